The first kappa shape index (κ1) is 10.0. The minimum Gasteiger partial charge on any atom is -0.393 e. The van der Waals surface area contributed by atoms with Crippen molar-refractivity contribution in [1.82, 2.24) is 9.97 Å². The van der Waals surface area contributed by atoms with E-state index < -0.39 is 4.92 Å². The number of nitrogens with two attached hydrogens (primary N) is 1. The standard InChI is InChI=1S/C10H8N4O2/c11-9-2-1-7(3-10(9)14(15)16)8-4-12-6-13-5-8/h1-6H,11H2. The maximum absolute atomic E-state index is 10.7. The molecule has 0 bridgehead atoms. The van der Waals surface area contributed by atoms with Crippen LogP contribution in [0.3, 0.4) is 0 Å². The topological polar surface area (TPSA) is 94.9 Å². The van der Waals surface area contributed by atoms with E-state index in [1.807, 2.05) is 0 Å². The Bertz CT molecular complexity index is 528. The molecule has 1 aromatic heterocycles. The summed E-state index contributed by atoms with van der Waals surface area (Å²) in [5.74, 6) is 0. The molecule has 0 atom stereocenters. The molecule has 0 aliphatic carbocycles. The van der Waals surface area contributed by atoms with Gasteiger partial charge in [0, 0.05) is 24.0 Å². The highest BCUT2D eigenvalue weighted by Crippen LogP contribution is 2.27. The highest BCUT2D eigenvalue weighted by Gasteiger charge is 2.12. The Balaban J connectivity index is 2.52. The molecule has 6 heteroatoms. The first-order valence-electron chi connectivity index (χ1n) is 4.48. The molecule has 0 unspecified atom stereocenters. The Hall–Kier alpha value is -2.50. The summed E-state index contributed by atoms with van der Waals surface area (Å²) < 4.78 is 0. The number of nitro benzene ring substituents is 1. The maximum atomic E-state index is 10.7. The fourth-order valence-corrected chi connectivity index (χ4v) is 1.33. The van der Waals surface area contributed by atoms with Crippen LogP contribution in [-0.2, 0) is 0 Å². The van der Waals surface area contributed by atoms with E-state index in [0.717, 1.165) is 0 Å². The van der Waals surface area contributed by atoms with E-state index in [1.54, 1.807) is 18.5 Å². The summed E-state index contributed by atoms with van der Waals surface area (Å²) in [5, 5.41) is 10.7. The second kappa shape index (κ2) is 3.93. The zero-order chi connectivity index (χ0) is 11.5. The maximum Gasteiger partial charge on any atom is 0.292 e. The molecule has 0 fully saturated rings. The van der Waals surface area contributed by atoms with Crippen LogP contribution in [-0.4, -0.2) is 14.9 Å². The SMILES string of the molecule is Nc1ccc(-c2cncnc2)cc1[N+](=O)[O-]. The smallest absolute Gasteiger partial charge is 0.292 e. The van der Waals surface area contributed by atoms with Gasteiger partial charge < -0.3 is 5.73 Å². The lowest BCUT2D eigenvalue weighted by Gasteiger charge is -2.01. The molecule has 80 valence electrons. The third-order valence-corrected chi connectivity index (χ3v) is 2.12. The van der Waals surface area contributed by atoms with Crippen LogP contribution in [0.4, 0.5) is 11.4 Å². The van der Waals surface area contributed by atoms with Gasteiger partial charge >= 0.3 is 0 Å². The zero-order valence-electron chi connectivity index (χ0n) is 8.20. The molecule has 6 nitrogen and oxygen atoms in total. The van der Waals surface area contributed by atoms with Crippen LogP contribution in [0.5, 0.6) is 0 Å². The molecule has 2 rings (SSSR count). The quantitative estimate of drug-likeness (QED) is 0.467. The summed E-state index contributed by atoms with van der Waals surface area (Å²) in [6.45, 7) is 0. The summed E-state index contributed by atoms with van der Waals surface area (Å²) >= 11 is 0. The second-order valence-electron chi connectivity index (χ2n) is 3.16. The van der Waals surface area contributed by atoms with Gasteiger partial charge in [0.15, 0.2) is 0 Å². The highest BCUT2D eigenvalue weighted by molar-refractivity contribution is 5.71. The van der Waals surface area contributed by atoms with Crippen LogP contribution < -0.4 is 5.73 Å². The van der Waals surface area contributed by atoms with Gasteiger partial charge in [0.25, 0.3) is 5.69 Å². The fraction of sp³-hybridized carbons (Fsp3) is 0. The lowest BCUT2D eigenvalue weighted by Crippen LogP contribution is -1.95. The van der Waals surface area contributed by atoms with E-state index in [0.29, 0.717) is 11.1 Å². The number of benzene rings is 1. The Morgan fingerprint density at radius 2 is 1.88 bits per heavy atom. The van der Waals surface area contributed by atoms with E-state index in [1.165, 1.54) is 18.5 Å². The minimum atomic E-state index is -0.511. The van der Waals surface area contributed by atoms with Crippen molar-refractivity contribution in [1.29, 1.82) is 0 Å². The number of aromatic nitrogens is 2. The van der Waals surface area contributed by atoms with Gasteiger partial charge in [-0.15, -0.1) is 0 Å². The molecular weight excluding hydrogens is 208 g/mol. The van der Waals surface area contributed by atoms with Crippen LogP contribution in [0.15, 0.2) is 36.9 Å². The number of rotatable bonds is 2. The third kappa shape index (κ3) is 1.81. The van der Waals surface area contributed by atoms with Gasteiger partial charge in [-0.1, -0.05) is 6.07 Å². The summed E-state index contributed by atoms with van der Waals surface area (Å²) in [7, 11) is 0. The first-order valence-corrected chi connectivity index (χ1v) is 4.48. The third-order valence-electron chi connectivity index (χ3n) is 2.12. The van der Waals surface area contributed by atoms with Crippen LogP contribution >= 0.6 is 0 Å². The van der Waals surface area contributed by atoms with Gasteiger partial charge in [-0.2, -0.15) is 0 Å². The number of nitrogens with zero attached hydrogens (tertiary/aromatic N) is 3. The van der Waals surface area contributed by atoms with Crippen molar-refractivity contribution in [2.45, 2.75) is 0 Å². The molecule has 1 aromatic carbocycles. The zero-order valence-corrected chi connectivity index (χ0v) is 8.20. The van der Waals surface area contributed by atoms with E-state index in [4.69, 9.17) is 5.73 Å². The van der Waals surface area contributed by atoms with E-state index in [9.17, 15) is 10.1 Å². The van der Waals surface area contributed by atoms with Gasteiger partial charge in [0.05, 0.1) is 4.92 Å². The lowest BCUT2D eigenvalue weighted by atomic mass is 10.1. The molecule has 2 aromatic rings. The average Bonchev–Trinajstić information content (AvgIpc) is 2.30. The molecular formula is C10H8N4O2. The summed E-state index contributed by atoms with van der Waals surface area (Å²) in [6.07, 6.45) is 4.57. The van der Waals surface area contributed by atoms with Crippen LogP contribution in [0.1, 0.15) is 0 Å². The molecule has 0 saturated heterocycles. The number of hydrogen-bond donors (Lipinski definition) is 1. The monoisotopic (exact) mass is 216 g/mol. The number of nitrogen functional groups attached to an aromatic ring is 1. The van der Waals surface area contributed by atoms with Crippen molar-refractivity contribution < 1.29 is 4.92 Å². The number of anilines is 1. The number of hydrogen-bond acceptors (Lipinski definition) is 5. The molecule has 16 heavy (non-hydrogen) atoms. The first-order chi connectivity index (χ1) is 7.68. The highest BCUT2D eigenvalue weighted by atomic mass is 16.6. The summed E-state index contributed by atoms with van der Waals surface area (Å²) in [4.78, 5) is 17.9. The molecule has 2 N–H and O–H groups in total. The van der Waals surface area contributed by atoms with Gasteiger partial charge in [0.1, 0.15) is 12.0 Å². The summed E-state index contributed by atoms with van der Waals surface area (Å²) in [6, 6.07) is 4.61. The molecule has 0 spiro atoms. The Labute approximate surface area is 90.9 Å². The van der Waals surface area contributed by atoms with Crippen molar-refractivity contribution in [3.63, 3.8) is 0 Å². The second-order valence-corrected chi connectivity index (χ2v) is 3.16. The van der Waals surface area contributed by atoms with Gasteiger partial charge in [-0.3, -0.25) is 10.1 Å². The molecule has 1 heterocycles. The Morgan fingerprint density at radius 3 is 2.50 bits per heavy atom. The van der Waals surface area contributed by atoms with Crippen LogP contribution in [0.25, 0.3) is 11.1 Å². The van der Waals surface area contributed by atoms with Gasteiger partial charge in [-0.05, 0) is 11.6 Å². The van der Waals surface area contributed by atoms with Gasteiger partial charge in [0.2, 0.25) is 0 Å². The van der Waals surface area contributed by atoms with Crippen LogP contribution in [0, 0.1) is 10.1 Å². The number of nitro groups is 1. The van der Waals surface area contributed by atoms with Crippen molar-refractivity contribution in [2.75, 3.05) is 5.73 Å². The van der Waals surface area contributed by atoms with E-state index in [2.05, 4.69) is 9.97 Å². The average molecular weight is 216 g/mol. The van der Waals surface area contributed by atoms with Gasteiger partial charge in [-0.25, -0.2) is 9.97 Å². The van der Waals surface area contributed by atoms with Crippen LogP contribution in [0.2, 0.25) is 0 Å². The van der Waals surface area contributed by atoms with E-state index >= 15 is 0 Å². The molecule has 0 radical (unpaired) electrons. The largest absolute Gasteiger partial charge is 0.393 e. The van der Waals surface area contributed by atoms with E-state index in [-0.39, 0.29) is 11.4 Å². The fourth-order valence-electron chi connectivity index (χ4n) is 1.33. The van der Waals surface area contributed by atoms with Crippen molar-refractivity contribution in [2.24, 2.45) is 0 Å². The van der Waals surface area contributed by atoms with Crippen molar-refractivity contribution in [3.05, 3.63) is 47.0 Å². The Morgan fingerprint density at radius 1 is 1.19 bits per heavy atom. The molecule has 0 saturated carbocycles. The van der Waals surface area contributed by atoms with Crippen molar-refractivity contribution in [3.8, 4) is 11.1 Å². The normalized spacial score (nSPS) is 10.0. The lowest BCUT2D eigenvalue weighted by molar-refractivity contribution is -0.383. The molecule has 0 aliphatic rings. The predicted octanol–water partition coefficient (Wildman–Crippen LogP) is 1.63. The van der Waals surface area contributed by atoms with Crippen molar-refractivity contribution >= 4 is 11.4 Å². The molecule has 0 aliphatic heterocycles. The molecule has 0 amide bonds. The summed E-state index contributed by atoms with van der Waals surface area (Å²) in [5.41, 5.74) is 6.91. The Kier molecular flexibility index (Phi) is 2.47. The minimum absolute atomic E-state index is 0.110. The predicted molar refractivity (Wildman–Crippen MR) is 58.5 cm³/mol.